The van der Waals surface area contributed by atoms with Gasteiger partial charge in [-0.25, -0.2) is 15.0 Å². The Morgan fingerprint density at radius 3 is 2.32 bits per heavy atom. The summed E-state index contributed by atoms with van der Waals surface area (Å²) in [6.07, 6.45) is 0. The van der Waals surface area contributed by atoms with Crippen molar-refractivity contribution in [3.63, 3.8) is 0 Å². The molecule has 0 aromatic carbocycles. The standard InChI is InChI=1S/C17H19Cl2N5O/c1-10-8-15(21-12(3)20-10)23-4-6-24(7-5-23)17(25)13-9-14(18)22-16(19)11(13)2/h8-9H,4-7H2,1-3H3. The number of carbonyl (C=O) groups excluding carboxylic acids is 1. The van der Waals surface area contributed by atoms with Gasteiger partial charge in [0.1, 0.15) is 21.9 Å². The molecule has 3 heterocycles. The molecule has 0 aliphatic carbocycles. The number of rotatable bonds is 2. The summed E-state index contributed by atoms with van der Waals surface area (Å²) >= 11 is 12.0. The van der Waals surface area contributed by atoms with Crippen LogP contribution in [0.3, 0.4) is 0 Å². The van der Waals surface area contributed by atoms with Crippen LogP contribution in [0.2, 0.25) is 10.3 Å². The molecule has 6 nitrogen and oxygen atoms in total. The summed E-state index contributed by atoms with van der Waals surface area (Å²) in [5.74, 6) is 1.59. The first-order valence-electron chi connectivity index (χ1n) is 8.04. The predicted molar refractivity (Wildman–Crippen MR) is 98.6 cm³/mol. The molecule has 0 saturated carbocycles. The van der Waals surface area contributed by atoms with Crippen LogP contribution in [0.5, 0.6) is 0 Å². The number of aryl methyl sites for hydroxylation is 2. The fourth-order valence-corrected chi connectivity index (χ4v) is 3.37. The molecule has 1 fully saturated rings. The van der Waals surface area contributed by atoms with Crippen molar-refractivity contribution in [1.29, 1.82) is 0 Å². The number of nitrogens with zero attached hydrogens (tertiary/aromatic N) is 5. The highest BCUT2D eigenvalue weighted by molar-refractivity contribution is 6.33. The number of anilines is 1. The van der Waals surface area contributed by atoms with Crippen LogP contribution < -0.4 is 4.90 Å². The molecule has 0 bridgehead atoms. The predicted octanol–water partition coefficient (Wildman–Crippen LogP) is 3.07. The number of piperazine rings is 1. The van der Waals surface area contributed by atoms with Crippen LogP contribution in [0.15, 0.2) is 12.1 Å². The monoisotopic (exact) mass is 379 g/mol. The van der Waals surface area contributed by atoms with Gasteiger partial charge in [-0.1, -0.05) is 23.2 Å². The Morgan fingerprint density at radius 1 is 1.00 bits per heavy atom. The molecule has 0 spiro atoms. The second-order valence-electron chi connectivity index (χ2n) is 6.10. The molecule has 1 aliphatic heterocycles. The van der Waals surface area contributed by atoms with E-state index in [1.807, 2.05) is 24.8 Å². The molecule has 0 N–H and O–H groups in total. The van der Waals surface area contributed by atoms with E-state index in [0.717, 1.165) is 17.3 Å². The Kier molecular flexibility index (Phi) is 5.11. The summed E-state index contributed by atoms with van der Waals surface area (Å²) in [7, 11) is 0. The van der Waals surface area contributed by atoms with Gasteiger partial charge in [-0.3, -0.25) is 4.79 Å². The zero-order chi connectivity index (χ0) is 18.1. The Morgan fingerprint density at radius 2 is 1.68 bits per heavy atom. The van der Waals surface area contributed by atoms with Crippen molar-refractivity contribution in [1.82, 2.24) is 19.9 Å². The van der Waals surface area contributed by atoms with Crippen LogP contribution in [-0.2, 0) is 0 Å². The minimum absolute atomic E-state index is 0.0709. The quantitative estimate of drug-likeness (QED) is 0.750. The van der Waals surface area contributed by atoms with Gasteiger partial charge in [0.15, 0.2) is 0 Å². The molecular formula is C17H19Cl2N5O. The number of carbonyl (C=O) groups is 1. The maximum absolute atomic E-state index is 12.8. The molecule has 3 rings (SSSR count). The minimum Gasteiger partial charge on any atom is -0.353 e. The maximum Gasteiger partial charge on any atom is 0.254 e. The fourth-order valence-electron chi connectivity index (χ4n) is 2.94. The number of halogens is 2. The summed E-state index contributed by atoms with van der Waals surface area (Å²) < 4.78 is 0. The highest BCUT2D eigenvalue weighted by Crippen LogP contribution is 2.23. The van der Waals surface area contributed by atoms with E-state index in [2.05, 4.69) is 19.9 Å². The third kappa shape index (κ3) is 3.85. The highest BCUT2D eigenvalue weighted by Gasteiger charge is 2.25. The lowest BCUT2D eigenvalue weighted by Crippen LogP contribution is -2.49. The molecule has 0 atom stereocenters. The van der Waals surface area contributed by atoms with E-state index >= 15 is 0 Å². The molecule has 2 aromatic heterocycles. The first-order chi connectivity index (χ1) is 11.8. The Balaban J connectivity index is 1.73. The lowest BCUT2D eigenvalue weighted by molar-refractivity contribution is 0.0745. The lowest BCUT2D eigenvalue weighted by Gasteiger charge is -2.35. The lowest BCUT2D eigenvalue weighted by atomic mass is 10.1. The van der Waals surface area contributed by atoms with Gasteiger partial charge in [0.25, 0.3) is 5.91 Å². The molecule has 8 heteroatoms. The molecule has 0 radical (unpaired) electrons. The van der Waals surface area contributed by atoms with E-state index in [4.69, 9.17) is 23.2 Å². The van der Waals surface area contributed by atoms with Crippen molar-refractivity contribution in [2.45, 2.75) is 20.8 Å². The number of aromatic nitrogens is 3. The molecule has 2 aromatic rings. The van der Waals surface area contributed by atoms with Gasteiger partial charge >= 0.3 is 0 Å². The summed E-state index contributed by atoms with van der Waals surface area (Å²) in [6.45, 7) is 8.27. The average Bonchev–Trinajstić information content (AvgIpc) is 2.57. The zero-order valence-corrected chi connectivity index (χ0v) is 15.9. The number of amides is 1. The van der Waals surface area contributed by atoms with Crippen molar-refractivity contribution in [3.8, 4) is 0 Å². The smallest absolute Gasteiger partial charge is 0.254 e. The molecule has 132 valence electrons. The van der Waals surface area contributed by atoms with Crippen LogP contribution in [0.4, 0.5) is 5.82 Å². The van der Waals surface area contributed by atoms with Crippen LogP contribution in [0.1, 0.15) is 27.4 Å². The molecule has 0 unspecified atom stereocenters. The van der Waals surface area contributed by atoms with Crippen LogP contribution in [-0.4, -0.2) is 51.9 Å². The van der Waals surface area contributed by atoms with E-state index < -0.39 is 0 Å². The van der Waals surface area contributed by atoms with Gasteiger partial charge in [-0.2, -0.15) is 0 Å². The highest BCUT2D eigenvalue weighted by atomic mass is 35.5. The van der Waals surface area contributed by atoms with Crippen molar-refractivity contribution >= 4 is 34.9 Å². The first-order valence-corrected chi connectivity index (χ1v) is 8.80. The normalized spacial score (nSPS) is 14.8. The molecule has 1 aliphatic rings. The number of pyridine rings is 1. The van der Waals surface area contributed by atoms with E-state index in [-0.39, 0.29) is 16.2 Å². The largest absolute Gasteiger partial charge is 0.353 e. The van der Waals surface area contributed by atoms with Gasteiger partial charge in [0.2, 0.25) is 0 Å². The third-order valence-corrected chi connectivity index (χ3v) is 4.82. The first kappa shape index (κ1) is 17.9. The van der Waals surface area contributed by atoms with Gasteiger partial charge in [0, 0.05) is 43.5 Å². The summed E-state index contributed by atoms with van der Waals surface area (Å²) in [6, 6.07) is 3.55. The molecular weight excluding hydrogens is 361 g/mol. The van der Waals surface area contributed by atoms with E-state index in [9.17, 15) is 4.79 Å². The van der Waals surface area contributed by atoms with Crippen LogP contribution in [0, 0.1) is 20.8 Å². The van der Waals surface area contributed by atoms with Crippen LogP contribution in [0.25, 0.3) is 0 Å². The Hall–Kier alpha value is -1.92. The van der Waals surface area contributed by atoms with Crippen molar-refractivity contribution in [3.05, 3.63) is 45.1 Å². The maximum atomic E-state index is 12.8. The minimum atomic E-state index is -0.0709. The number of hydrogen-bond donors (Lipinski definition) is 0. The average molecular weight is 380 g/mol. The zero-order valence-electron chi connectivity index (χ0n) is 14.4. The van der Waals surface area contributed by atoms with Gasteiger partial charge in [0.05, 0.1) is 0 Å². The topological polar surface area (TPSA) is 62.2 Å². The fraction of sp³-hybridized carbons (Fsp3) is 0.412. The number of hydrogen-bond acceptors (Lipinski definition) is 5. The molecule has 1 amide bonds. The molecule has 25 heavy (non-hydrogen) atoms. The third-order valence-electron chi connectivity index (χ3n) is 4.26. The second kappa shape index (κ2) is 7.14. The second-order valence-corrected chi connectivity index (χ2v) is 6.85. The van der Waals surface area contributed by atoms with Gasteiger partial charge in [-0.05, 0) is 32.4 Å². The van der Waals surface area contributed by atoms with Gasteiger partial charge < -0.3 is 9.80 Å². The van der Waals surface area contributed by atoms with E-state index in [0.29, 0.717) is 37.3 Å². The SMILES string of the molecule is Cc1cc(N2CCN(C(=O)c3cc(Cl)nc(Cl)c3C)CC2)nc(C)n1. The Bertz CT molecular complexity index is 799. The summed E-state index contributed by atoms with van der Waals surface area (Å²) in [5, 5.41) is 0.492. The van der Waals surface area contributed by atoms with Gasteiger partial charge in [-0.15, -0.1) is 0 Å². The van der Waals surface area contributed by atoms with E-state index in [1.165, 1.54) is 0 Å². The Labute approximate surface area is 156 Å². The molecule has 1 saturated heterocycles. The van der Waals surface area contributed by atoms with Crippen molar-refractivity contribution in [2.24, 2.45) is 0 Å². The summed E-state index contributed by atoms with van der Waals surface area (Å²) in [5.41, 5.74) is 2.10. The van der Waals surface area contributed by atoms with Crippen molar-refractivity contribution in [2.75, 3.05) is 31.1 Å². The van der Waals surface area contributed by atoms with Crippen LogP contribution >= 0.6 is 23.2 Å². The van der Waals surface area contributed by atoms with E-state index in [1.54, 1.807) is 13.0 Å². The summed E-state index contributed by atoms with van der Waals surface area (Å²) in [4.78, 5) is 29.6. The van der Waals surface area contributed by atoms with Crippen molar-refractivity contribution < 1.29 is 4.79 Å².